The predicted molar refractivity (Wildman–Crippen MR) is 218 cm³/mol. The second kappa shape index (κ2) is 12.5. The predicted octanol–water partition coefficient (Wildman–Crippen LogP) is 13.5. The largest absolute Gasteiger partial charge is 0.464 e. The quantitative estimate of drug-likeness (QED) is 0.179. The molecule has 1 heterocycles. The van der Waals surface area contributed by atoms with Gasteiger partial charge in [0.1, 0.15) is 0 Å². The van der Waals surface area contributed by atoms with Gasteiger partial charge >= 0.3 is 0 Å². The van der Waals surface area contributed by atoms with Crippen molar-refractivity contribution in [2.75, 3.05) is 10.2 Å². The Morgan fingerprint density at radius 2 is 0.942 bits per heavy atom. The van der Waals surface area contributed by atoms with Gasteiger partial charge in [0.05, 0.1) is 5.69 Å². The van der Waals surface area contributed by atoms with Gasteiger partial charge in [0.2, 0.25) is 0 Å². The minimum absolute atomic E-state index is 0.245. The Balaban J connectivity index is 1.10. The van der Waals surface area contributed by atoms with Gasteiger partial charge in [0, 0.05) is 33.4 Å². The van der Waals surface area contributed by atoms with Crippen LogP contribution in [0.5, 0.6) is 5.75 Å². The van der Waals surface area contributed by atoms with E-state index in [-0.39, 0.29) is 6.23 Å². The van der Waals surface area contributed by atoms with E-state index >= 15 is 0 Å². The monoisotopic (exact) mass is 666 g/mol. The van der Waals surface area contributed by atoms with Crippen molar-refractivity contribution in [3.05, 3.63) is 200 Å². The first-order valence-corrected chi connectivity index (χ1v) is 17.8. The third kappa shape index (κ3) is 5.23. The molecule has 0 fully saturated rings. The van der Waals surface area contributed by atoms with Crippen molar-refractivity contribution < 1.29 is 4.74 Å². The SMILES string of the molecule is c1ccc(-c2ccc(N(c3ccc(-c4ccc5ccccc5c4)cc3)c3ccc4c5c(c6ccccc6c4c3)NC(c3ccccc3)O5)cc2)cc1. The topological polar surface area (TPSA) is 24.5 Å². The molecule has 52 heavy (non-hydrogen) atoms. The molecule has 1 aliphatic rings. The highest BCUT2D eigenvalue weighted by Gasteiger charge is 2.28. The average molecular weight is 667 g/mol. The van der Waals surface area contributed by atoms with Crippen LogP contribution in [0, 0.1) is 0 Å². The van der Waals surface area contributed by atoms with Crippen LogP contribution < -0.4 is 15.0 Å². The molecule has 0 aromatic heterocycles. The lowest BCUT2D eigenvalue weighted by Crippen LogP contribution is -2.10. The highest BCUT2D eigenvalue weighted by atomic mass is 16.5. The van der Waals surface area contributed by atoms with Crippen molar-refractivity contribution in [3.63, 3.8) is 0 Å². The lowest BCUT2D eigenvalue weighted by molar-refractivity contribution is 0.262. The Hall–Kier alpha value is -6.84. The summed E-state index contributed by atoms with van der Waals surface area (Å²) in [7, 11) is 0. The zero-order valence-corrected chi connectivity index (χ0v) is 28.4. The van der Waals surface area contributed by atoms with Gasteiger partial charge in [0.25, 0.3) is 0 Å². The fourth-order valence-corrected chi connectivity index (χ4v) is 7.66. The number of fused-ring (bicyclic) bond motifs is 7. The van der Waals surface area contributed by atoms with Crippen molar-refractivity contribution in [2.45, 2.75) is 6.23 Å². The van der Waals surface area contributed by atoms with Crippen LogP contribution in [-0.4, -0.2) is 0 Å². The summed E-state index contributed by atoms with van der Waals surface area (Å²) in [6, 6.07) is 69.3. The van der Waals surface area contributed by atoms with Gasteiger partial charge in [-0.1, -0.05) is 146 Å². The van der Waals surface area contributed by atoms with E-state index in [4.69, 9.17) is 4.74 Å². The minimum Gasteiger partial charge on any atom is -0.464 e. The summed E-state index contributed by atoms with van der Waals surface area (Å²) >= 11 is 0. The first-order valence-electron chi connectivity index (χ1n) is 17.8. The Morgan fingerprint density at radius 3 is 1.67 bits per heavy atom. The maximum atomic E-state index is 6.70. The normalized spacial score (nSPS) is 13.5. The summed E-state index contributed by atoms with van der Waals surface area (Å²) in [6.07, 6.45) is -0.245. The van der Waals surface area contributed by atoms with Crippen LogP contribution in [0.4, 0.5) is 22.7 Å². The molecule has 1 atom stereocenters. The van der Waals surface area contributed by atoms with Gasteiger partial charge in [-0.05, 0) is 92.3 Å². The molecule has 246 valence electrons. The van der Waals surface area contributed by atoms with E-state index in [1.165, 1.54) is 38.4 Å². The van der Waals surface area contributed by atoms with E-state index in [2.05, 4.69) is 198 Å². The van der Waals surface area contributed by atoms with Crippen molar-refractivity contribution >= 4 is 55.1 Å². The lowest BCUT2D eigenvalue weighted by Gasteiger charge is -2.26. The Labute approximate surface area is 303 Å². The minimum atomic E-state index is -0.245. The van der Waals surface area contributed by atoms with Crippen LogP contribution in [0.15, 0.2) is 194 Å². The molecule has 3 nitrogen and oxygen atoms in total. The van der Waals surface area contributed by atoms with E-state index in [1.54, 1.807) is 0 Å². The highest BCUT2D eigenvalue weighted by Crippen LogP contribution is 2.50. The van der Waals surface area contributed by atoms with E-state index in [0.717, 1.165) is 50.2 Å². The first-order chi connectivity index (χ1) is 25.8. The van der Waals surface area contributed by atoms with E-state index in [9.17, 15) is 0 Å². The molecule has 3 heteroatoms. The van der Waals surface area contributed by atoms with Crippen LogP contribution >= 0.6 is 0 Å². The lowest BCUT2D eigenvalue weighted by atomic mass is 9.98. The molecule has 9 aromatic carbocycles. The highest BCUT2D eigenvalue weighted by molar-refractivity contribution is 6.18. The third-order valence-electron chi connectivity index (χ3n) is 10.3. The zero-order valence-electron chi connectivity index (χ0n) is 28.4. The molecule has 9 aromatic rings. The molecule has 0 amide bonds. The van der Waals surface area contributed by atoms with Crippen molar-refractivity contribution in [3.8, 4) is 28.0 Å². The van der Waals surface area contributed by atoms with Crippen LogP contribution in [0.2, 0.25) is 0 Å². The van der Waals surface area contributed by atoms with Gasteiger partial charge in [-0.25, -0.2) is 0 Å². The third-order valence-corrected chi connectivity index (χ3v) is 10.3. The van der Waals surface area contributed by atoms with Gasteiger partial charge in [-0.15, -0.1) is 0 Å². The van der Waals surface area contributed by atoms with Crippen molar-refractivity contribution in [1.82, 2.24) is 0 Å². The Morgan fingerprint density at radius 1 is 0.385 bits per heavy atom. The number of hydrogen-bond acceptors (Lipinski definition) is 3. The first kappa shape index (κ1) is 30.0. The molecule has 0 bridgehead atoms. The molecular weight excluding hydrogens is 633 g/mol. The summed E-state index contributed by atoms with van der Waals surface area (Å²) in [5, 5.41) is 10.8. The van der Waals surface area contributed by atoms with E-state index in [1.807, 2.05) is 6.07 Å². The second-order valence-corrected chi connectivity index (χ2v) is 13.4. The number of ether oxygens (including phenoxy) is 1. The second-order valence-electron chi connectivity index (χ2n) is 13.4. The van der Waals surface area contributed by atoms with Crippen LogP contribution in [-0.2, 0) is 0 Å². The molecular formula is C49H34N2O. The number of anilines is 4. The van der Waals surface area contributed by atoms with Crippen molar-refractivity contribution in [2.24, 2.45) is 0 Å². The molecule has 1 unspecified atom stereocenters. The van der Waals surface area contributed by atoms with Crippen LogP contribution in [0.1, 0.15) is 11.8 Å². The number of hydrogen-bond donors (Lipinski definition) is 1. The molecule has 0 saturated carbocycles. The maximum Gasteiger partial charge on any atom is 0.196 e. The molecule has 0 aliphatic carbocycles. The van der Waals surface area contributed by atoms with Gasteiger partial charge in [-0.3, -0.25) is 0 Å². The molecule has 0 radical (unpaired) electrons. The van der Waals surface area contributed by atoms with E-state index < -0.39 is 0 Å². The fraction of sp³-hybridized carbons (Fsp3) is 0.0204. The molecule has 0 saturated heterocycles. The van der Waals surface area contributed by atoms with Crippen molar-refractivity contribution in [1.29, 1.82) is 0 Å². The smallest absolute Gasteiger partial charge is 0.196 e. The number of nitrogens with one attached hydrogen (secondary N) is 1. The summed E-state index contributed by atoms with van der Waals surface area (Å²) in [4.78, 5) is 2.35. The van der Waals surface area contributed by atoms with Gasteiger partial charge in [0.15, 0.2) is 12.0 Å². The van der Waals surface area contributed by atoms with Crippen LogP contribution in [0.25, 0.3) is 54.6 Å². The summed E-state index contributed by atoms with van der Waals surface area (Å²) in [5.41, 5.74) is 10.2. The van der Waals surface area contributed by atoms with E-state index in [0.29, 0.717) is 0 Å². The number of nitrogens with zero attached hydrogens (tertiary/aromatic N) is 1. The Kier molecular flexibility index (Phi) is 7.21. The summed E-state index contributed by atoms with van der Waals surface area (Å²) in [6.45, 7) is 0. The standard InChI is InChI=1S/C49H34N2O/c1-3-11-33(12-4-1)35-21-25-40(26-22-35)51(41-27-23-36(24-28-41)39-20-19-34-13-7-8-16-38(34)31-39)42-29-30-45-46(32-42)43-17-9-10-18-44(43)47-48(45)52-49(50-47)37-14-5-2-6-15-37/h1-32,49-50H. The van der Waals surface area contributed by atoms with Crippen LogP contribution in [0.3, 0.4) is 0 Å². The maximum absolute atomic E-state index is 6.70. The molecule has 1 aliphatic heterocycles. The van der Waals surface area contributed by atoms with Gasteiger partial charge in [-0.2, -0.15) is 0 Å². The summed E-state index contributed by atoms with van der Waals surface area (Å²) in [5.74, 6) is 0.896. The molecule has 10 rings (SSSR count). The molecule has 0 spiro atoms. The molecule has 1 N–H and O–H groups in total. The summed E-state index contributed by atoms with van der Waals surface area (Å²) < 4.78 is 6.70. The number of benzene rings is 9. The zero-order chi connectivity index (χ0) is 34.4. The van der Waals surface area contributed by atoms with Gasteiger partial charge < -0.3 is 15.0 Å². The fourth-order valence-electron chi connectivity index (χ4n) is 7.66. The number of rotatable bonds is 6. The Bertz CT molecular complexity index is 2720. The average Bonchev–Trinajstić information content (AvgIpc) is 3.68.